The van der Waals surface area contributed by atoms with Crippen molar-refractivity contribution in [2.45, 2.75) is 6.42 Å². The number of hydrogen-bond donors (Lipinski definition) is 1. The summed E-state index contributed by atoms with van der Waals surface area (Å²) < 4.78 is 13.2. The highest BCUT2D eigenvalue weighted by molar-refractivity contribution is 6.12. The van der Waals surface area contributed by atoms with Crippen LogP contribution in [0.5, 0.6) is 5.75 Å². The zero-order valence-corrected chi connectivity index (χ0v) is 12.5. The third kappa shape index (κ3) is 2.20. The maximum atomic E-state index is 13.2. The summed E-state index contributed by atoms with van der Waals surface area (Å²) in [6, 6.07) is 10.6. The van der Waals surface area contributed by atoms with E-state index in [1.807, 2.05) is 0 Å². The quantitative estimate of drug-likeness (QED) is 0.851. The van der Waals surface area contributed by atoms with E-state index in [9.17, 15) is 14.3 Å². The summed E-state index contributed by atoms with van der Waals surface area (Å²) in [5.74, 6) is -0.499. The fourth-order valence-electron chi connectivity index (χ4n) is 2.96. The molecule has 6 heteroatoms. The van der Waals surface area contributed by atoms with E-state index in [-0.39, 0.29) is 23.9 Å². The van der Waals surface area contributed by atoms with Gasteiger partial charge in [-0.2, -0.15) is 10.2 Å². The van der Waals surface area contributed by atoms with Crippen LogP contribution in [0.15, 0.2) is 70.7 Å². The Morgan fingerprint density at radius 1 is 1.12 bits per heavy atom. The summed E-state index contributed by atoms with van der Waals surface area (Å²) >= 11 is 0. The normalized spacial score (nSPS) is 19.0. The molecule has 4 rings (SSSR count). The molecule has 118 valence electrons. The second-order valence-corrected chi connectivity index (χ2v) is 5.45. The van der Waals surface area contributed by atoms with E-state index in [1.54, 1.807) is 30.5 Å². The molecule has 0 bridgehead atoms. The molecule has 0 atom stereocenters. The van der Waals surface area contributed by atoms with E-state index in [1.165, 1.54) is 29.2 Å². The lowest BCUT2D eigenvalue weighted by atomic mass is 9.92. The van der Waals surface area contributed by atoms with Crippen molar-refractivity contribution in [3.63, 3.8) is 0 Å². The Hall–Kier alpha value is -3.28. The molecular formula is C18H12FN3O2. The Morgan fingerprint density at radius 3 is 2.62 bits per heavy atom. The lowest BCUT2D eigenvalue weighted by Gasteiger charge is -2.31. The summed E-state index contributed by atoms with van der Waals surface area (Å²) in [4.78, 5) is 14.2. The lowest BCUT2D eigenvalue weighted by molar-refractivity contribution is -0.117. The molecule has 0 saturated carbocycles. The molecule has 0 spiro atoms. The van der Waals surface area contributed by atoms with E-state index < -0.39 is 0 Å². The van der Waals surface area contributed by atoms with Gasteiger partial charge in [-0.3, -0.25) is 9.69 Å². The van der Waals surface area contributed by atoms with Crippen molar-refractivity contribution in [2.75, 3.05) is 4.90 Å². The number of rotatable bonds is 1. The van der Waals surface area contributed by atoms with Crippen LogP contribution in [-0.2, 0) is 4.79 Å². The van der Waals surface area contributed by atoms with Crippen LogP contribution in [0.1, 0.15) is 12.0 Å². The molecule has 2 heterocycles. The van der Waals surface area contributed by atoms with Crippen LogP contribution in [0.25, 0.3) is 5.57 Å². The highest BCUT2D eigenvalue weighted by atomic mass is 19.1. The van der Waals surface area contributed by atoms with Crippen LogP contribution in [0.2, 0.25) is 0 Å². The Bertz CT molecular complexity index is 916. The average Bonchev–Trinajstić information content (AvgIpc) is 3.10. The molecule has 0 saturated heterocycles. The smallest absolute Gasteiger partial charge is 0.236 e. The zero-order valence-electron chi connectivity index (χ0n) is 12.5. The minimum Gasteiger partial charge on any atom is -0.507 e. The number of anilines is 2. The number of aromatic hydroxyl groups is 1. The predicted molar refractivity (Wildman–Crippen MR) is 87.2 cm³/mol. The van der Waals surface area contributed by atoms with Crippen molar-refractivity contribution in [2.24, 2.45) is 10.2 Å². The van der Waals surface area contributed by atoms with Crippen molar-refractivity contribution in [3.05, 3.63) is 71.8 Å². The first-order valence-corrected chi connectivity index (χ1v) is 7.36. The molecule has 2 aliphatic heterocycles. The molecule has 1 N–H and O–H groups in total. The molecule has 2 aromatic carbocycles. The monoisotopic (exact) mass is 321 g/mol. The van der Waals surface area contributed by atoms with Gasteiger partial charge in [0.25, 0.3) is 0 Å². The van der Waals surface area contributed by atoms with Crippen LogP contribution in [0.4, 0.5) is 15.8 Å². The molecule has 5 nitrogen and oxygen atoms in total. The molecule has 1 amide bonds. The number of nitrogens with zero attached hydrogens (tertiary/aromatic N) is 3. The van der Waals surface area contributed by atoms with Crippen LogP contribution >= 0.6 is 0 Å². The number of phenols is 1. The number of hydrogen-bond acceptors (Lipinski definition) is 4. The number of halogens is 1. The highest BCUT2D eigenvalue weighted by Crippen LogP contribution is 2.45. The van der Waals surface area contributed by atoms with Crippen LogP contribution in [0.3, 0.4) is 0 Å². The third-order valence-corrected chi connectivity index (χ3v) is 4.00. The van der Waals surface area contributed by atoms with Gasteiger partial charge >= 0.3 is 0 Å². The zero-order chi connectivity index (χ0) is 16.7. The van der Waals surface area contributed by atoms with Crippen LogP contribution < -0.4 is 4.90 Å². The molecule has 0 fully saturated rings. The van der Waals surface area contributed by atoms with E-state index >= 15 is 0 Å². The molecule has 24 heavy (non-hydrogen) atoms. The van der Waals surface area contributed by atoms with Gasteiger partial charge < -0.3 is 5.11 Å². The van der Waals surface area contributed by atoms with Gasteiger partial charge in [0.05, 0.1) is 24.0 Å². The van der Waals surface area contributed by atoms with Crippen LogP contribution in [0, 0.1) is 5.82 Å². The van der Waals surface area contributed by atoms with E-state index in [0.29, 0.717) is 28.2 Å². The molecule has 0 radical (unpaired) electrons. The van der Waals surface area contributed by atoms with Gasteiger partial charge in [-0.1, -0.05) is 6.07 Å². The summed E-state index contributed by atoms with van der Waals surface area (Å²) in [5, 5.41) is 18.2. The SMILES string of the molecule is O=C1C/C(=C2/C=CN=N2)c2c(O)cccc2N1c1ccc(F)cc1. The van der Waals surface area contributed by atoms with Crippen molar-refractivity contribution in [1.29, 1.82) is 0 Å². The first-order chi connectivity index (χ1) is 11.6. The van der Waals surface area contributed by atoms with E-state index in [4.69, 9.17) is 0 Å². The number of carbonyl (C=O) groups excluding carboxylic acids is 1. The van der Waals surface area contributed by atoms with E-state index in [0.717, 1.165) is 0 Å². The van der Waals surface area contributed by atoms with Gasteiger partial charge in [0.2, 0.25) is 5.91 Å². The van der Waals surface area contributed by atoms with Crippen molar-refractivity contribution in [1.82, 2.24) is 0 Å². The fourth-order valence-corrected chi connectivity index (χ4v) is 2.96. The number of fused-ring (bicyclic) bond motifs is 1. The summed E-state index contributed by atoms with van der Waals surface area (Å²) in [6.07, 6.45) is 3.31. The maximum absolute atomic E-state index is 13.2. The fraction of sp³-hybridized carbons (Fsp3) is 0.0556. The standard InChI is InChI=1S/C18H12FN3O2/c19-11-4-6-12(7-5-11)22-15-2-1-3-16(23)18(15)13(10-17(22)24)14-8-9-20-21-14/h1-9,23H,10H2/b14-13+. The number of amides is 1. The summed E-state index contributed by atoms with van der Waals surface area (Å²) in [7, 11) is 0. The highest BCUT2D eigenvalue weighted by Gasteiger charge is 2.32. The molecule has 0 aliphatic carbocycles. The van der Waals surface area contributed by atoms with Crippen molar-refractivity contribution >= 4 is 22.9 Å². The second kappa shape index (κ2) is 5.42. The Kier molecular flexibility index (Phi) is 3.23. The predicted octanol–water partition coefficient (Wildman–Crippen LogP) is 4.29. The second-order valence-electron chi connectivity index (χ2n) is 5.45. The number of phenolic OH excluding ortho intramolecular Hbond substituents is 1. The van der Waals surface area contributed by atoms with E-state index in [2.05, 4.69) is 10.2 Å². The van der Waals surface area contributed by atoms with Gasteiger partial charge in [-0.25, -0.2) is 4.39 Å². The summed E-state index contributed by atoms with van der Waals surface area (Å²) in [5.41, 5.74) is 2.81. The minimum atomic E-state index is -0.376. The van der Waals surface area contributed by atoms with Gasteiger partial charge in [0, 0.05) is 16.8 Å². The van der Waals surface area contributed by atoms with Crippen molar-refractivity contribution < 1.29 is 14.3 Å². The number of azo groups is 1. The summed E-state index contributed by atoms with van der Waals surface area (Å²) in [6.45, 7) is 0. The molecule has 2 aromatic rings. The first-order valence-electron chi connectivity index (χ1n) is 7.36. The van der Waals surface area contributed by atoms with Crippen molar-refractivity contribution in [3.8, 4) is 5.75 Å². The Balaban J connectivity index is 1.94. The third-order valence-electron chi connectivity index (χ3n) is 4.00. The molecule has 0 aromatic heterocycles. The first kappa shape index (κ1) is 14.3. The minimum absolute atomic E-state index is 0.0603. The number of benzene rings is 2. The number of allylic oxidation sites excluding steroid dienone is 1. The Labute approximate surface area is 137 Å². The molecule has 0 unspecified atom stereocenters. The maximum Gasteiger partial charge on any atom is 0.236 e. The van der Waals surface area contributed by atoms with Gasteiger partial charge in [-0.05, 0) is 42.5 Å². The van der Waals surface area contributed by atoms with Gasteiger partial charge in [0.15, 0.2) is 0 Å². The molecule has 2 aliphatic rings. The van der Waals surface area contributed by atoms with Gasteiger partial charge in [-0.15, -0.1) is 0 Å². The lowest BCUT2D eigenvalue weighted by Crippen LogP contribution is -2.30. The van der Waals surface area contributed by atoms with Crippen LogP contribution in [-0.4, -0.2) is 11.0 Å². The Morgan fingerprint density at radius 2 is 1.92 bits per heavy atom. The largest absolute Gasteiger partial charge is 0.507 e. The topological polar surface area (TPSA) is 65.3 Å². The molecular weight excluding hydrogens is 309 g/mol. The average molecular weight is 321 g/mol. The van der Waals surface area contributed by atoms with Gasteiger partial charge in [0.1, 0.15) is 11.6 Å². The number of carbonyl (C=O) groups is 1.